The van der Waals surface area contributed by atoms with Gasteiger partial charge < -0.3 is 10.8 Å². The van der Waals surface area contributed by atoms with Crippen LogP contribution in [-0.4, -0.2) is 21.9 Å². The first kappa shape index (κ1) is 16.4. The van der Waals surface area contributed by atoms with Gasteiger partial charge >= 0.3 is 5.97 Å². The summed E-state index contributed by atoms with van der Waals surface area (Å²) in [6.07, 6.45) is 0. The number of benzene rings is 1. The molecule has 1 rings (SSSR count). The van der Waals surface area contributed by atoms with Crippen LogP contribution in [0.25, 0.3) is 0 Å². The number of hydrogen-bond donors (Lipinski definition) is 2. The van der Waals surface area contributed by atoms with Gasteiger partial charge in [-0.3, -0.25) is 4.79 Å². The third-order valence-electron chi connectivity index (χ3n) is 2.74. The predicted octanol–water partition coefficient (Wildman–Crippen LogP) is 3.15. The molecule has 0 aliphatic heterocycles. The van der Waals surface area contributed by atoms with Crippen molar-refractivity contribution in [2.75, 3.05) is 0 Å². The quantitative estimate of drug-likeness (QED) is 0.798. The molecule has 19 heavy (non-hydrogen) atoms. The normalized spacial score (nSPS) is 13.4. The molecule has 0 aliphatic carbocycles. The van der Waals surface area contributed by atoms with Gasteiger partial charge in [0.15, 0.2) is 0 Å². The molecule has 0 saturated heterocycles. The Kier molecular flexibility index (Phi) is 5.34. The summed E-state index contributed by atoms with van der Waals surface area (Å²) < 4.78 is 26.6. The molecule has 7 heteroatoms. The highest BCUT2D eigenvalue weighted by atomic mass is 79.9. The maximum Gasteiger partial charge on any atom is 0.321 e. The highest BCUT2D eigenvalue weighted by molar-refractivity contribution is 9.10. The minimum atomic E-state index is -1.15. The zero-order valence-electron chi connectivity index (χ0n) is 10.4. The predicted molar refractivity (Wildman–Crippen MR) is 75.0 cm³/mol. The molecule has 3 nitrogen and oxygen atoms in total. The lowest BCUT2D eigenvalue weighted by Gasteiger charge is -2.28. The first-order valence-electron chi connectivity index (χ1n) is 5.41. The Balaban J connectivity index is 2.88. The van der Waals surface area contributed by atoms with Crippen molar-refractivity contribution in [3.63, 3.8) is 0 Å². The number of carboxylic acids is 1. The molecule has 0 aliphatic rings. The molecular weight excluding hydrogens is 340 g/mol. The lowest BCUT2D eigenvalue weighted by Crippen LogP contribution is -2.46. The van der Waals surface area contributed by atoms with E-state index in [4.69, 9.17) is 10.8 Å². The second kappa shape index (κ2) is 6.19. The Hall–Kier alpha value is -0.660. The van der Waals surface area contributed by atoms with Crippen LogP contribution in [0.5, 0.6) is 0 Å². The molecule has 0 radical (unpaired) electrons. The van der Waals surface area contributed by atoms with Crippen LogP contribution in [0, 0.1) is 11.6 Å². The first-order valence-corrected chi connectivity index (χ1v) is 7.19. The molecule has 0 bridgehead atoms. The van der Waals surface area contributed by atoms with E-state index in [1.54, 1.807) is 13.8 Å². The van der Waals surface area contributed by atoms with Crippen LogP contribution in [0.4, 0.5) is 8.78 Å². The van der Waals surface area contributed by atoms with Gasteiger partial charge in [-0.15, -0.1) is 11.8 Å². The van der Waals surface area contributed by atoms with Crippen molar-refractivity contribution in [2.45, 2.75) is 30.4 Å². The fourth-order valence-corrected chi connectivity index (χ4v) is 2.78. The van der Waals surface area contributed by atoms with Crippen LogP contribution in [-0.2, 0) is 10.5 Å². The highest BCUT2D eigenvalue weighted by Gasteiger charge is 2.33. The summed E-state index contributed by atoms with van der Waals surface area (Å²) in [5, 5.41) is 8.87. The second-order valence-corrected chi connectivity index (χ2v) is 7.01. The average Bonchev–Trinajstić information content (AvgIpc) is 2.32. The largest absolute Gasteiger partial charge is 0.480 e. The van der Waals surface area contributed by atoms with Crippen LogP contribution in [0.3, 0.4) is 0 Å². The van der Waals surface area contributed by atoms with Gasteiger partial charge in [-0.05, 0) is 41.9 Å². The molecule has 0 fully saturated rings. The van der Waals surface area contributed by atoms with Gasteiger partial charge in [-0.2, -0.15) is 0 Å². The second-order valence-electron chi connectivity index (χ2n) is 4.53. The van der Waals surface area contributed by atoms with E-state index in [0.717, 1.165) is 17.8 Å². The number of thioether (sulfide) groups is 1. The van der Waals surface area contributed by atoms with Crippen LogP contribution in [0.15, 0.2) is 16.6 Å². The van der Waals surface area contributed by atoms with Gasteiger partial charge in [0.25, 0.3) is 0 Å². The Morgan fingerprint density at radius 2 is 2.11 bits per heavy atom. The van der Waals surface area contributed by atoms with Crippen molar-refractivity contribution >= 4 is 33.7 Å². The minimum Gasteiger partial charge on any atom is -0.480 e. The van der Waals surface area contributed by atoms with Crippen LogP contribution in [0.1, 0.15) is 19.4 Å². The van der Waals surface area contributed by atoms with Crippen LogP contribution >= 0.6 is 27.7 Å². The number of aliphatic carboxylic acids is 1. The summed E-state index contributed by atoms with van der Waals surface area (Å²) in [7, 11) is 0. The van der Waals surface area contributed by atoms with E-state index < -0.39 is 28.4 Å². The molecular formula is C12H14BrF2NO2S. The molecule has 1 aromatic rings. The fourth-order valence-electron chi connectivity index (χ4n) is 1.35. The van der Waals surface area contributed by atoms with Crippen molar-refractivity contribution in [1.82, 2.24) is 0 Å². The Bertz CT molecular complexity index is 497. The van der Waals surface area contributed by atoms with Gasteiger partial charge in [0.2, 0.25) is 0 Å². The van der Waals surface area contributed by atoms with Crippen molar-refractivity contribution in [3.05, 3.63) is 33.8 Å². The molecule has 0 saturated carbocycles. The summed E-state index contributed by atoms with van der Waals surface area (Å²) in [4.78, 5) is 10.9. The number of hydrogen-bond acceptors (Lipinski definition) is 3. The summed E-state index contributed by atoms with van der Waals surface area (Å²) in [6, 6.07) is 1.33. The minimum absolute atomic E-state index is 0.00505. The third kappa shape index (κ3) is 3.90. The lowest BCUT2D eigenvalue weighted by atomic mass is 10.1. The molecule has 1 atom stereocenters. The van der Waals surface area contributed by atoms with Crippen LogP contribution < -0.4 is 5.73 Å². The van der Waals surface area contributed by atoms with Gasteiger partial charge in [0.1, 0.15) is 17.7 Å². The van der Waals surface area contributed by atoms with Crippen molar-refractivity contribution in [2.24, 2.45) is 5.73 Å². The smallest absolute Gasteiger partial charge is 0.321 e. The van der Waals surface area contributed by atoms with E-state index in [-0.39, 0.29) is 15.8 Å². The number of rotatable bonds is 5. The SMILES string of the molecule is CC(C)(SCc1c(F)ccc(Br)c1F)[C@H](N)C(=O)O. The monoisotopic (exact) mass is 353 g/mol. The third-order valence-corrected chi connectivity index (χ3v) is 4.79. The molecule has 0 heterocycles. The summed E-state index contributed by atoms with van der Waals surface area (Å²) >= 11 is 4.08. The Labute approximate surface area is 122 Å². The van der Waals surface area contributed by atoms with E-state index in [1.807, 2.05) is 0 Å². The van der Waals surface area contributed by atoms with Gasteiger partial charge in [0, 0.05) is 16.1 Å². The summed E-state index contributed by atoms with van der Waals surface area (Å²) in [5.74, 6) is -2.47. The van der Waals surface area contributed by atoms with Crippen LogP contribution in [0.2, 0.25) is 0 Å². The Morgan fingerprint density at radius 3 is 2.63 bits per heavy atom. The molecule has 0 spiro atoms. The first-order chi connectivity index (χ1) is 8.66. The van der Waals surface area contributed by atoms with E-state index in [1.165, 1.54) is 6.07 Å². The maximum atomic E-state index is 13.7. The van der Waals surface area contributed by atoms with E-state index in [0.29, 0.717) is 0 Å². The molecule has 0 amide bonds. The Morgan fingerprint density at radius 1 is 1.53 bits per heavy atom. The summed E-state index contributed by atoms with van der Waals surface area (Å²) in [6.45, 7) is 3.26. The standard InChI is InChI=1S/C12H14BrF2NO2S/c1-12(2,10(16)11(17)18)19-5-6-8(14)4-3-7(13)9(6)15/h3-4,10H,5,16H2,1-2H3,(H,17,18)/t10-/m1/s1. The molecule has 0 aromatic heterocycles. The van der Waals surface area contributed by atoms with Gasteiger partial charge in [0.05, 0.1) is 4.47 Å². The molecule has 1 aromatic carbocycles. The van der Waals surface area contributed by atoms with Gasteiger partial charge in [-0.25, -0.2) is 8.78 Å². The highest BCUT2D eigenvalue weighted by Crippen LogP contribution is 2.33. The van der Waals surface area contributed by atoms with Crippen molar-refractivity contribution in [3.8, 4) is 0 Å². The number of halogens is 3. The maximum absolute atomic E-state index is 13.7. The average molecular weight is 354 g/mol. The lowest BCUT2D eigenvalue weighted by molar-refractivity contribution is -0.139. The van der Waals surface area contributed by atoms with Crippen molar-refractivity contribution < 1.29 is 18.7 Å². The zero-order chi connectivity index (χ0) is 14.8. The van der Waals surface area contributed by atoms with E-state index >= 15 is 0 Å². The topological polar surface area (TPSA) is 63.3 Å². The van der Waals surface area contributed by atoms with E-state index in [2.05, 4.69) is 15.9 Å². The zero-order valence-corrected chi connectivity index (χ0v) is 12.8. The number of carboxylic acid groups (broad SMARTS) is 1. The van der Waals surface area contributed by atoms with E-state index in [9.17, 15) is 13.6 Å². The van der Waals surface area contributed by atoms with Gasteiger partial charge in [-0.1, -0.05) is 0 Å². The van der Waals surface area contributed by atoms with Crippen molar-refractivity contribution in [1.29, 1.82) is 0 Å². The fraction of sp³-hybridized carbons (Fsp3) is 0.417. The summed E-state index contributed by atoms with van der Waals surface area (Å²) in [5.41, 5.74) is 5.45. The molecule has 106 valence electrons. The molecule has 3 N–H and O–H groups in total. The number of nitrogens with two attached hydrogens (primary N) is 1. The molecule has 0 unspecified atom stereocenters. The number of carbonyl (C=O) groups is 1.